The fourth-order valence-electron chi connectivity index (χ4n) is 1.91. The highest BCUT2D eigenvalue weighted by atomic mass is 16.3. The molecule has 1 aliphatic carbocycles. The van der Waals surface area contributed by atoms with Crippen molar-refractivity contribution >= 4 is 5.91 Å². The Hall–Kier alpha value is -1.09. The summed E-state index contributed by atoms with van der Waals surface area (Å²) in [5, 5.41) is 11.9. The number of rotatable bonds is 8. The quantitative estimate of drug-likeness (QED) is 0.636. The number of aliphatic hydroxyl groups is 1. The molecule has 3 nitrogen and oxygen atoms in total. The molecule has 1 aliphatic rings. The minimum atomic E-state index is 0.0351. The molecule has 1 unspecified atom stereocenters. The summed E-state index contributed by atoms with van der Waals surface area (Å²) in [4.78, 5) is 11.6. The average molecular weight is 237 g/mol. The van der Waals surface area contributed by atoms with Crippen molar-refractivity contribution in [2.45, 2.75) is 39.0 Å². The summed E-state index contributed by atoms with van der Waals surface area (Å²) >= 11 is 0. The minimum Gasteiger partial charge on any atom is -0.396 e. The molecule has 1 atom stereocenters. The minimum absolute atomic E-state index is 0.0351. The predicted molar refractivity (Wildman–Crippen MR) is 69.6 cm³/mol. The van der Waals surface area contributed by atoms with E-state index >= 15 is 0 Å². The van der Waals surface area contributed by atoms with Crippen molar-refractivity contribution in [2.75, 3.05) is 13.2 Å². The van der Waals surface area contributed by atoms with Gasteiger partial charge in [-0.15, -0.1) is 0 Å². The number of unbranched alkanes of at least 4 members (excludes halogenated alkanes) is 1. The summed E-state index contributed by atoms with van der Waals surface area (Å²) in [6, 6.07) is 0. The van der Waals surface area contributed by atoms with Crippen LogP contribution in [0.3, 0.4) is 0 Å². The van der Waals surface area contributed by atoms with Gasteiger partial charge in [0.1, 0.15) is 0 Å². The van der Waals surface area contributed by atoms with Crippen LogP contribution in [0, 0.1) is 5.92 Å². The third-order valence-electron chi connectivity index (χ3n) is 3.19. The Kier molecular flexibility index (Phi) is 6.63. The number of aliphatic hydroxyl groups excluding tert-OH is 1. The Morgan fingerprint density at radius 2 is 2.35 bits per heavy atom. The van der Waals surface area contributed by atoms with E-state index in [1.165, 1.54) is 0 Å². The van der Waals surface area contributed by atoms with Crippen LogP contribution in [-0.2, 0) is 4.79 Å². The highest BCUT2D eigenvalue weighted by Crippen LogP contribution is 2.11. The average Bonchev–Trinajstić information content (AvgIpc) is 2.87. The number of nitrogens with one attached hydrogen (secondary N) is 1. The first kappa shape index (κ1) is 14.0. The summed E-state index contributed by atoms with van der Waals surface area (Å²) in [6.45, 7) is 3.11. The van der Waals surface area contributed by atoms with Crippen LogP contribution in [0.4, 0.5) is 0 Å². The van der Waals surface area contributed by atoms with Crippen LogP contribution in [-0.4, -0.2) is 24.2 Å². The van der Waals surface area contributed by atoms with Crippen LogP contribution in [0.1, 0.15) is 39.0 Å². The summed E-state index contributed by atoms with van der Waals surface area (Å²) in [5.74, 6) is 0.458. The van der Waals surface area contributed by atoms with E-state index in [1.807, 2.05) is 18.2 Å². The van der Waals surface area contributed by atoms with Crippen molar-refractivity contribution in [3.05, 3.63) is 23.8 Å². The molecule has 0 saturated carbocycles. The number of carbonyl (C=O) groups is 1. The van der Waals surface area contributed by atoms with Gasteiger partial charge < -0.3 is 10.4 Å². The Bertz CT molecular complexity index is 291. The maximum atomic E-state index is 11.6. The number of hydrogen-bond acceptors (Lipinski definition) is 2. The van der Waals surface area contributed by atoms with E-state index in [0.29, 0.717) is 5.92 Å². The number of allylic oxidation sites excluding steroid dienone is 2. The Labute approximate surface area is 104 Å². The van der Waals surface area contributed by atoms with Crippen molar-refractivity contribution in [2.24, 2.45) is 5.92 Å². The van der Waals surface area contributed by atoms with Gasteiger partial charge in [0.25, 0.3) is 5.91 Å². The molecule has 1 rings (SSSR count). The van der Waals surface area contributed by atoms with Crippen LogP contribution in [0.15, 0.2) is 23.8 Å². The van der Waals surface area contributed by atoms with Crippen LogP contribution in [0.2, 0.25) is 0 Å². The van der Waals surface area contributed by atoms with Gasteiger partial charge in [-0.25, -0.2) is 0 Å². The number of hydrogen-bond donors (Lipinski definition) is 2. The maximum Gasteiger partial charge on any atom is 0.250 e. The van der Waals surface area contributed by atoms with E-state index in [2.05, 4.69) is 12.2 Å². The predicted octanol–water partition coefficient (Wildman–Crippen LogP) is 2.18. The topological polar surface area (TPSA) is 49.3 Å². The van der Waals surface area contributed by atoms with Crippen molar-refractivity contribution in [3.8, 4) is 0 Å². The zero-order chi connectivity index (χ0) is 12.5. The van der Waals surface area contributed by atoms with E-state index in [1.54, 1.807) is 0 Å². The van der Waals surface area contributed by atoms with E-state index in [9.17, 15) is 4.79 Å². The summed E-state index contributed by atoms with van der Waals surface area (Å²) in [7, 11) is 0. The van der Waals surface area contributed by atoms with Gasteiger partial charge in [0, 0.05) is 18.7 Å². The second-order valence-electron chi connectivity index (χ2n) is 4.51. The normalized spacial score (nSPS) is 15.8. The van der Waals surface area contributed by atoms with Gasteiger partial charge in [-0.2, -0.15) is 0 Å². The summed E-state index contributed by atoms with van der Waals surface area (Å²) in [6.07, 6.45) is 10.8. The molecule has 0 aromatic carbocycles. The van der Waals surface area contributed by atoms with Crippen LogP contribution in [0.5, 0.6) is 0 Å². The van der Waals surface area contributed by atoms with Crippen molar-refractivity contribution in [1.29, 1.82) is 0 Å². The lowest BCUT2D eigenvalue weighted by Gasteiger charge is -2.11. The van der Waals surface area contributed by atoms with Crippen LogP contribution >= 0.6 is 0 Å². The van der Waals surface area contributed by atoms with Gasteiger partial charge in [0.05, 0.1) is 0 Å². The molecule has 17 heavy (non-hydrogen) atoms. The molecule has 0 radical (unpaired) electrons. The zero-order valence-electron chi connectivity index (χ0n) is 10.6. The third-order valence-corrected chi connectivity index (χ3v) is 3.19. The van der Waals surface area contributed by atoms with Gasteiger partial charge in [-0.3, -0.25) is 4.79 Å². The molecule has 0 fully saturated rings. The molecule has 2 N–H and O–H groups in total. The second kappa shape index (κ2) is 8.07. The smallest absolute Gasteiger partial charge is 0.250 e. The highest BCUT2D eigenvalue weighted by Gasteiger charge is 2.08. The van der Waals surface area contributed by atoms with E-state index < -0.39 is 0 Å². The van der Waals surface area contributed by atoms with Gasteiger partial charge >= 0.3 is 0 Å². The second-order valence-corrected chi connectivity index (χ2v) is 4.51. The van der Waals surface area contributed by atoms with E-state index in [-0.39, 0.29) is 12.5 Å². The first-order valence-corrected chi connectivity index (χ1v) is 6.53. The van der Waals surface area contributed by atoms with Crippen molar-refractivity contribution in [3.63, 3.8) is 0 Å². The molecule has 0 saturated heterocycles. The fraction of sp³-hybridized carbons (Fsp3) is 0.643. The largest absolute Gasteiger partial charge is 0.396 e. The lowest BCUT2D eigenvalue weighted by molar-refractivity contribution is -0.117. The SMILES string of the molecule is CCC(CO)CCCCNC(=O)C1=CCC=C1. The standard InChI is InChI=1S/C14H23NO2/c1-2-12(11-16)7-5-6-10-15-14(17)13-8-3-4-9-13/h3,8-9,12,16H,2,4-7,10-11H2,1H3,(H,15,17). The molecule has 3 heteroatoms. The Morgan fingerprint density at radius 1 is 1.53 bits per heavy atom. The van der Waals surface area contributed by atoms with Crippen LogP contribution in [0.25, 0.3) is 0 Å². The number of amides is 1. The van der Waals surface area contributed by atoms with Gasteiger partial charge in [0.15, 0.2) is 0 Å². The summed E-state index contributed by atoms with van der Waals surface area (Å²) in [5.41, 5.74) is 0.784. The molecule has 0 bridgehead atoms. The molecule has 1 amide bonds. The van der Waals surface area contributed by atoms with Gasteiger partial charge in [-0.05, 0) is 25.2 Å². The van der Waals surface area contributed by atoms with Crippen LogP contribution < -0.4 is 5.32 Å². The first-order chi connectivity index (χ1) is 8.27. The zero-order valence-corrected chi connectivity index (χ0v) is 10.6. The molecule has 0 heterocycles. The van der Waals surface area contributed by atoms with Crippen molar-refractivity contribution in [1.82, 2.24) is 5.32 Å². The van der Waals surface area contributed by atoms with E-state index in [4.69, 9.17) is 5.11 Å². The van der Waals surface area contributed by atoms with E-state index in [0.717, 1.165) is 44.2 Å². The molecule has 0 aromatic rings. The molecule has 0 spiro atoms. The molecule has 96 valence electrons. The monoisotopic (exact) mass is 237 g/mol. The fourth-order valence-corrected chi connectivity index (χ4v) is 1.91. The van der Waals surface area contributed by atoms with Gasteiger partial charge in [0.2, 0.25) is 0 Å². The lowest BCUT2D eigenvalue weighted by Crippen LogP contribution is -2.25. The van der Waals surface area contributed by atoms with Gasteiger partial charge in [-0.1, -0.05) is 38.0 Å². The summed E-state index contributed by atoms with van der Waals surface area (Å²) < 4.78 is 0. The van der Waals surface area contributed by atoms with Crippen molar-refractivity contribution < 1.29 is 9.90 Å². The first-order valence-electron chi connectivity index (χ1n) is 6.53. The number of carbonyl (C=O) groups excluding carboxylic acids is 1. The highest BCUT2D eigenvalue weighted by molar-refractivity contribution is 5.96. The molecule has 0 aromatic heterocycles. The molecular formula is C14H23NO2. The molecule has 0 aliphatic heterocycles. The Morgan fingerprint density at radius 3 is 2.94 bits per heavy atom. The Balaban J connectivity index is 2.04. The maximum absolute atomic E-state index is 11.6. The molecular weight excluding hydrogens is 214 g/mol. The lowest BCUT2D eigenvalue weighted by atomic mass is 10.0. The third kappa shape index (κ3) is 5.18.